The number of rotatable bonds is 7. The highest BCUT2D eigenvalue weighted by atomic mass is 35.5. The second kappa shape index (κ2) is 8.97. The van der Waals surface area contributed by atoms with Gasteiger partial charge in [0.05, 0.1) is 18.7 Å². The van der Waals surface area contributed by atoms with Gasteiger partial charge >= 0.3 is 0 Å². The van der Waals surface area contributed by atoms with Crippen molar-refractivity contribution in [2.45, 2.75) is 24.4 Å². The number of hydrogen-bond donors (Lipinski definition) is 0. The number of hydrogen-bond acceptors (Lipinski definition) is 6. The molecule has 3 heterocycles. The van der Waals surface area contributed by atoms with Crippen LogP contribution in [0.25, 0.3) is 16.0 Å². The molecule has 32 heavy (non-hydrogen) atoms. The van der Waals surface area contributed by atoms with Gasteiger partial charge in [-0.3, -0.25) is 13.8 Å². The van der Waals surface area contributed by atoms with Gasteiger partial charge in [0, 0.05) is 16.3 Å². The zero-order chi connectivity index (χ0) is 22.1. The lowest BCUT2D eigenvalue weighted by atomic mass is 10.2. The molecule has 6 nitrogen and oxygen atoms in total. The summed E-state index contributed by atoms with van der Waals surface area (Å²) >= 11 is 9.12. The van der Waals surface area contributed by atoms with Crippen molar-refractivity contribution in [3.63, 3.8) is 0 Å². The van der Waals surface area contributed by atoms with Crippen LogP contribution in [0.15, 0.2) is 69.9 Å². The van der Waals surface area contributed by atoms with Gasteiger partial charge in [0.25, 0.3) is 5.56 Å². The van der Waals surface area contributed by atoms with Gasteiger partial charge < -0.3 is 4.74 Å². The van der Waals surface area contributed by atoms with Gasteiger partial charge in [-0.15, -0.1) is 21.5 Å². The minimum Gasteiger partial charge on any atom is -0.494 e. The fraction of sp³-hybridized carbons (Fsp3) is 0.174. The Kier molecular flexibility index (Phi) is 5.91. The van der Waals surface area contributed by atoms with E-state index in [1.807, 2.05) is 71.3 Å². The van der Waals surface area contributed by atoms with Crippen LogP contribution in [0.1, 0.15) is 18.1 Å². The zero-order valence-corrected chi connectivity index (χ0v) is 19.6. The molecule has 0 saturated heterocycles. The summed E-state index contributed by atoms with van der Waals surface area (Å²) in [4.78, 5) is 13.3. The van der Waals surface area contributed by atoms with Gasteiger partial charge in [0.2, 0.25) is 5.78 Å². The monoisotopic (exact) mass is 482 g/mol. The molecule has 162 valence electrons. The van der Waals surface area contributed by atoms with Crippen LogP contribution in [-0.4, -0.2) is 25.8 Å². The molecular formula is C23H19ClN4O2S2. The number of halogens is 1. The molecule has 0 N–H and O–H groups in total. The Bertz CT molecular complexity index is 1470. The van der Waals surface area contributed by atoms with Crippen molar-refractivity contribution < 1.29 is 4.74 Å². The number of thiophene rings is 1. The molecule has 0 atom stereocenters. The van der Waals surface area contributed by atoms with Crippen LogP contribution in [0.4, 0.5) is 0 Å². The van der Waals surface area contributed by atoms with Crippen LogP contribution in [0.2, 0.25) is 5.02 Å². The molecule has 5 aromatic rings. The maximum atomic E-state index is 13.3. The average molecular weight is 483 g/mol. The van der Waals surface area contributed by atoms with Crippen molar-refractivity contribution in [3.8, 4) is 5.75 Å². The number of fused-ring (bicyclic) bond motifs is 3. The van der Waals surface area contributed by atoms with E-state index in [1.165, 1.54) is 11.3 Å². The molecule has 0 amide bonds. The number of aromatic nitrogens is 4. The van der Waals surface area contributed by atoms with Gasteiger partial charge in [-0.1, -0.05) is 53.7 Å². The Morgan fingerprint density at radius 1 is 1.12 bits per heavy atom. The van der Waals surface area contributed by atoms with Gasteiger partial charge in [0.1, 0.15) is 10.4 Å². The molecule has 0 unspecified atom stereocenters. The van der Waals surface area contributed by atoms with E-state index in [-0.39, 0.29) is 5.56 Å². The van der Waals surface area contributed by atoms with Gasteiger partial charge in [-0.25, -0.2) is 0 Å². The van der Waals surface area contributed by atoms with Crippen LogP contribution in [-0.2, 0) is 12.3 Å². The Morgan fingerprint density at radius 2 is 2.00 bits per heavy atom. The summed E-state index contributed by atoms with van der Waals surface area (Å²) < 4.78 is 10.1. The largest absolute Gasteiger partial charge is 0.494 e. The van der Waals surface area contributed by atoms with Gasteiger partial charge in [-0.2, -0.15) is 0 Å². The van der Waals surface area contributed by atoms with Crippen molar-refractivity contribution in [2.75, 3.05) is 6.61 Å². The molecule has 5 rings (SSSR count). The Morgan fingerprint density at radius 3 is 2.84 bits per heavy atom. The standard InChI is InChI=1S/C23H19ClN4O2S2/c1-2-30-19-9-4-3-7-16(19)13-27-21(29)20-18(10-11-31-20)28-22(27)25-26-23(28)32-14-15-6-5-8-17(24)12-15/h3-12H,2,13-14H2,1H3. The summed E-state index contributed by atoms with van der Waals surface area (Å²) in [5, 5.41) is 12.2. The minimum absolute atomic E-state index is 0.0763. The molecule has 9 heteroatoms. The maximum Gasteiger partial charge on any atom is 0.273 e. The third kappa shape index (κ3) is 3.90. The molecule has 0 spiro atoms. The van der Waals surface area contributed by atoms with E-state index in [0.29, 0.717) is 34.4 Å². The Labute approximate surface area is 197 Å². The topological polar surface area (TPSA) is 61.4 Å². The quantitative estimate of drug-likeness (QED) is 0.287. The van der Waals surface area contributed by atoms with Crippen molar-refractivity contribution in [1.82, 2.24) is 19.2 Å². The summed E-state index contributed by atoms with van der Waals surface area (Å²) in [6, 6.07) is 17.5. The first kappa shape index (κ1) is 21.1. The Balaban J connectivity index is 1.60. The molecule has 3 aromatic heterocycles. The first-order chi connectivity index (χ1) is 15.7. The molecule has 0 radical (unpaired) electrons. The molecule has 0 fully saturated rings. The van der Waals surface area contributed by atoms with E-state index in [0.717, 1.165) is 27.5 Å². The fourth-order valence-corrected chi connectivity index (χ4v) is 5.53. The number of benzene rings is 2. The normalized spacial score (nSPS) is 11.4. The summed E-state index contributed by atoms with van der Waals surface area (Å²) in [5.41, 5.74) is 2.76. The third-order valence-electron chi connectivity index (χ3n) is 5.04. The van der Waals surface area contributed by atoms with E-state index in [4.69, 9.17) is 16.3 Å². The summed E-state index contributed by atoms with van der Waals surface area (Å²) in [7, 11) is 0. The van der Waals surface area contributed by atoms with E-state index in [1.54, 1.807) is 16.3 Å². The molecular weight excluding hydrogens is 464 g/mol. The maximum absolute atomic E-state index is 13.3. The molecule has 0 bridgehead atoms. The predicted octanol–water partition coefficient (Wildman–Crippen LogP) is 5.50. The minimum atomic E-state index is -0.0763. The van der Waals surface area contributed by atoms with Crippen LogP contribution < -0.4 is 10.3 Å². The smallest absolute Gasteiger partial charge is 0.273 e. The first-order valence-corrected chi connectivity index (χ1v) is 12.3. The molecule has 2 aromatic carbocycles. The second-order valence-corrected chi connectivity index (χ2v) is 9.40. The SMILES string of the molecule is CCOc1ccccc1Cn1c(=O)c2sccc2n2c(SCc3cccc(Cl)c3)nnc12. The zero-order valence-electron chi connectivity index (χ0n) is 17.2. The summed E-state index contributed by atoms with van der Waals surface area (Å²) in [6.45, 7) is 2.85. The average Bonchev–Trinajstić information content (AvgIpc) is 3.44. The van der Waals surface area contributed by atoms with Crippen LogP contribution in [0.3, 0.4) is 0 Å². The van der Waals surface area contributed by atoms with Crippen LogP contribution >= 0.6 is 34.7 Å². The fourth-order valence-electron chi connectivity index (χ4n) is 3.61. The lowest BCUT2D eigenvalue weighted by Gasteiger charge is -2.13. The second-order valence-electron chi connectivity index (χ2n) is 7.10. The Hall–Kier alpha value is -2.81. The van der Waals surface area contributed by atoms with Crippen LogP contribution in [0.5, 0.6) is 5.75 Å². The summed E-state index contributed by atoms with van der Waals surface area (Å²) in [5.74, 6) is 1.97. The summed E-state index contributed by atoms with van der Waals surface area (Å²) in [6.07, 6.45) is 0. The van der Waals surface area contributed by atoms with Gasteiger partial charge in [-0.05, 0) is 42.1 Å². The highest BCUT2D eigenvalue weighted by Gasteiger charge is 2.19. The van der Waals surface area contributed by atoms with Crippen molar-refractivity contribution in [2.24, 2.45) is 0 Å². The first-order valence-electron chi connectivity index (χ1n) is 10.1. The van der Waals surface area contributed by atoms with E-state index < -0.39 is 0 Å². The predicted molar refractivity (Wildman–Crippen MR) is 130 cm³/mol. The molecule has 0 aliphatic rings. The highest BCUT2D eigenvalue weighted by molar-refractivity contribution is 7.98. The number of para-hydroxylation sites is 1. The van der Waals surface area contributed by atoms with E-state index >= 15 is 0 Å². The number of thioether (sulfide) groups is 1. The highest BCUT2D eigenvalue weighted by Crippen LogP contribution is 2.28. The molecule has 0 aliphatic carbocycles. The van der Waals surface area contributed by atoms with Crippen LogP contribution in [0, 0.1) is 0 Å². The number of nitrogens with zero attached hydrogens (tertiary/aromatic N) is 4. The molecule has 0 aliphatic heterocycles. The van der Waals surface area contributed by atoms with Crippen molar-refractivity contribution in [3.05, 3.63) is 86.5 Å². The van der Waals surface area contributed by atoms with Crippen molar-refractivity contribution in [1.29, 1.82) is 0 Å². The third-order valence-corrected chi connectivity index (χ3v) is 7.17. The lowest BCUT2D eigenvalue weighted by Crippen LogP contribution is -2.23. The van der Waals surface area contributed by atoms with Crippen molar-refractivity contribution >= 4 is 50.7 Å². The molecule has 0 saturated carbocycles. The van der Waals surface area contributed by atoms with Gasteiger partial charge in [0.15, 0.2) is 5.16 Å². The lowest BCUT2D eigenvalue weighted by molar-refractivity contribution is 0.336. The number of ether oxygens (including phenoxy) is 1. The van der Waals surface area contributed by atoms with E-state index in [2.05, 4.69) is 10.2 Å². The van der Waals surface area contributed by atoms with E-state index in [9.17, 15) is 4.79 Å².